The molecule has 2 aromatic carbocycles. The molecule has 2 fully saturated rings. The predicted molar refractivity (Wildman–Crippen MR) is 147 cm³/mol. The lowest BCUT2D eigenvalue weighted by Gasteiger charge is -2.54. The first-order valence-corrected chi connectivity index (χ1v) is 13.5. The van der Waals surface area contributed by atoms with Crippen molar-refractivity contribution in [2.45, 2.75) is 50.9 Å². The van der Waals surface area contributed by atoms with E-state index < -0.39 is 24.2 Å². The van der Waals surface area contributed by atoms with E-state index in [0.717, 1.165) is 24.8 Å². The number of methoxy groups -OCH3 is 1. The Hall–Kier alpha value is -4.12. The number of fused-ring (bicyclic) bond motifs is 1. The van der Waals surface area contributed by atoms with Crippen molar-refractivity contribution in [2.75, 3.05) is 33.8 Å². The van der Waals surface area contributed by atoms with E-state index in [1.807, 2.05) is 42.5 Å². The van der Waals surface area contributed by atoms with Crippen LogP contribution < -0.4 is 10.1 Å². The summed E-state index contributed by atoms with van der Waals surface area (Å²) in [6.07, 6.45) is 1.48. The zero-order chi connectivity index (χ0) is 28.6. The van der Waals surface area contributed by atoms with Crippen LogP contribution in [-0.2, 0) is 27.3 Å². The number of nitrogens with zero attached hydrogens (tertiary/aromatic N) is 4. The van der Waals surface area contributed by atoms with Crippen molar-refractivity contribution < 1.29 is 29.0 Å². The molecule has 40 heavy (non-hydrogen) atoms. The van der Waals surface area contributed by atoms with Gasteiger partial charge < -0.3 is 25.0 Å². The van der Waals surface area contributed by atoms with E-state index in [1.165, 1.54) is 15.5 Å². The molecule has 2 saturated heterocycles. The molecular weight excluding hydrogens is 514 g/mol. The van der Waals surface area contributed by atoms with Gasteiger partial charge in [-0.2, -0.15) is 0 Å². The van der Waals surface area contributed by atoms with Crippen LogP contribution in [0.15, 0.2) is 54.6 Å². The third-order valence-corrected chi connectivity index (χ3v) is 7.37. The molecule has 2 atom stereocenters. The Labute approximate surface area is 234 Å². The van der Waals surface area contributed by atoms with Crippen LogP contribution in [0.1, 0.15) is 36.8 Å². The maximum Gasteiger partial charge on any atom is 0.334 e. The Kier molecular flexibility index (Phi) is 9.60. The number of hydrogen-bond donors (Lipinski definition) is 2. The molecule has 2 heterocycles. The molecule has 2 aliphatic rings. The lowest BCUT2D eigenvalue weighted by atomic mass is 10.0. The molecule has 11 heteroatoms. The number of likely N-dealkylation sites (N-methyl/N-ethyl adjacent to an activating group) is 1. The van der Waals surface area contributed by atoms with E-state index in [4.69, 9.17) is 4.74 Å². The molecule has 0 saturated carbocycles. The van der Waals surface area contributed by atoms with Crippen molar-refractivity contribution in [1.29, 1.82) is 0 Å². The fraction of sp³-hybridized carbons (Fsp3) is 0.448. The number of rotatable bonds is 11. The van der Waals surface area contributed by atoms with Gasteiger partial charge in [0.15, 0.2) is 0 Å². The number of nitrogens with one attached hydrogen (secondary N) is 1. The van der Waals surface area contributed by atoms with Crippen molar-refractivity contribution >= 4 is 23.8 Å². The molecule has 2 aromatic rings. The Balaban J connectivity index is 1.48. The van der Waals surface area contributed by atoms with Gasteiger partial charge in [-0.25, -0.2) is 14.8 Å². The second kappa shape index (κ2) is 13.3. The summed E-state index contributed by atoms with van der Waals surface area (Å²) in [5.41, 5.74) is 2.09. The number of ether oxygens (including phenoxy) is 1. The first kappa shape index (κ1) is 28.9. The number of hydrogen-bond acceptors (Lipinski definition) is 6. The van der Waals surface area contributed by atoms with Crippen LogP contribution in [0, 0.1) is 0 Å². The van der Waals surface area contributed by atoms with Gasteiger partial charge in [-0.1, -0.05) is 42.5 Å². The molecule has 214 valence electrons. The summed E-state index contributed by atoms with van der Waals surface area (Å²) in [7, 11) is 3.25. The number of carbonyl (C=O) groups excluding carboxylic acids is 3. The summed E-state index contributed by atoms with van der Waals surface area (Å²) < 4.78 is 5.19. The van der Waals surface area contributed by atoms with E-state index >= 15 is 0 Å². The molecule has 4 rings (SSSR count). The number of piperazine rings is 1. The quantitative estimate of drug-likeness (QED) is 0.411. The summed E-state index contributed by atoms with van der Waals surface area (Å²) in [4.78, 5) is 54.6. The summed E-state index contributed by atoms with van der Waals surface area (Å²) >= 11 is 0. The highest BCUT2D eigenvalue weighted by atomic mass is 16.5. The number of aliphatic carboxylic acids is 1. The zero-order valence-corrected chi connectivity index (χ0v) is 23.0. The third kappa shape index (κ3) is 6.90. The summed E-state index contributed by atoms with van der Waals surface area (Å²) in [6.45, 7) is 0.775. The smallest absolute Gasteiger partial charge is 0.334 e. The minimum Gasteiger partial charge on any atom is -0.497 e. The van der Waals surface area contributed by atoms with Crippen LogP contribution in [0.3, 0.4) is 0 Å². The van der Waals surface area contributed by atoms with Gasteiger partial charge in [0.25, 0.3) is 0 Å². The molecule has 0 aromatic heterocycles. The van der Waals surface area contributed by atoms with Crippen molar-refractivity contribution in [3.63, 3.8) is 0 Å². The number of carbonyl (C=O) groups is 4. The maximum absolute atomic E-state index is 13.5. The van der Waals surface area contributed by atoms with Crippen molar-refractivity contribution in [2.24, 2.45) is 0 Å². The van der Waals surface area contributed by atoms with E-state index in [0.29, 0.717) is 12.3 Å². The number of hydrazine groups is 1. The average molecular weight is 552 g/mol. The minimum absolute atomic E-state index is 0.0120. The Morgan fingerprint density at radius 3 is 2.42 bits per heavy atom. The Bertz CT molecular complexity index is 1190. The lowest BCUT2D eigenvalue weighted by Crippen LogP contribution is -2.76. The largest absolute Gasteiger partial charge is 0.497 e. The fourth-order valence-corrected chi connectivity index (χ4v) is 5.32. The minimum atomic E-state index is -1.04. The van der Waals surface area contributed by atoms with Crippen LogP contribution >= 0.6 is 0 Å². The SMILES string of the molecule is COc1ccc(CNC(=O)N2C3CN(CCCCc4ccccc4)C(=O)[C@H](CCC(=O)O)N3C(=O)CN2C)cc1. The first-order chi connectivity index (χ1) is 19.3. The fourth-order valence-electron chi connectivity index (χ4n) is 5.32. The second-order valence-corrected chi connectivity index (χ2v) is 10.1. The van der Waals surface area contributed by atoms with E-state index in [9.17, 15) is 24.3 Å². The normalized spacial score (nSPS) is 19.4. The molecule has 11 nitrogen and oxygen atoms in total. The highest BCUT2D eigenvalue weighted by molar-refractivity contribution is 5.91. The number of amides is 4. The highest BCUT2D eigenvalue weighted by Gasteiger charge is 2.50. The molecule has 0 bridgehead atoms. The van der Waals surface area contributed by atoms with Gasteiger partial charge in [0, 0.05) is 26.6 Å². The topological polar surface area (TPSA) is 123 Å². The number of urea groups is 1. The van der Waals surface area contributed by atoms with Crippen LogP contribution in [0.2, 0.25) is 0 Å². The molecule has 2 aliphatic heterocycles. The Morgan fingerprint density at radius 1 is 1.02 bits per heavy atom. The second-order valence-electron chi connectivity index (χ2n) is 10.1. The van der Waals surface area contributed by atoms with Crippen molar-refractivity contribution in [1.82, 2.24) is 25.1 Å². The summed E-state index contributed by atoms with van der Waals surface area (Å²) in [5.74, 6) is -0.906. The lowest BCUT2D eigenvalue weighted by molar-refractivity contribution is -0.187. The number of aryl methyl sites for hydroxylation is 1. The zero-order valence-electron chi connectivity index (χ0n) is 23.0. The predicted octanol–water partition coefficient (Wildman–Crippen LogP) is 2.32. The van der Waals surface area contributed by atoms with Gasteiger partial charge in [-0.05, 0) is 48.9 Å². The number of carboxylic acid groups (broad SMARTS) is 1. The molecule has 0 aliphatic carbocycles. The van der Waals surface area contributed by atoms with Crippen molar-refractivity contribution in [3.8, 4) is 5.75 Å². The first-order valence-electron chi connectivity index (χ1n) is 13.5. The summed E-state index contributed by atoms with van der Waals surface area (Å²) in [6, 6.07) is 16.1. The van der Waals surface area contributed by atoms with Crippen LogP contribution in [0.25, 0.3) is 0 Å². The van der Waals surface area contributed by atoms with Gasteiger partial charge in [-0.3, -0.25) is 14.4 Å². The van der Waals surface area contributed by atoms with Gasteiger partial charge in [0.1, 0.15) is 18.0 Å². The molecule has 0 spiro atoms. The van der Waals surface area contributed by atoms with E-state index in [2.05, 4.69) is 17.4 Å². The monoisotopic (exact) mass is 551 g/mol. The molecule has 1 unspecified atom stereocenters. The molecule has 4 amide bonds. The third-order valence-electron chi connectivity index (χ3n) is 7.37. The Morgan fingerprint density at radius 2 is 1.75 bits per heavy atom. The van der Waals surface area contributed by atoms with Gasteiger partial charge >= 0.3 is 12.0 Å². The number of benzene rings is 2. The van der Waals surface area contributed by atoms with Gasteiger partial charge in [0.2, 0.25) is 11.8 Å². The average Bonchev–Trinajstić information content (AvgIpc) is 2.94. The van der Waals surface area contributed by atoms with Crippen LogP contribution in [0.5, 0.6) is 5.75 Å². The van der Waals surface area contributed by atoms with Gasteiger partial charge in [-0.15, -0.1) is 0 Å². The summed E-state index contributed by atoms with van der Waals surface area (Å²) in [5, 5.41) is 15.3. The number of carboxylic acids is 1. The van der Waals surface area contributed by atoms with Gasteiger partial charge in [0.05, 0.1) is 20.2 Å². The maximum atomic E-state index is 13.5. The molecular formula is C29H37N5O6. The van der Waals surface area contributed by atoms with E-state index in [1.54, 1.807) is 24.1 Å². The highest BCUT2D eigenvalue weighted by Crippen LogP contribution is 2.28. The molecule has 0 radical (unpaired) electrons. The van der Waals surface area contributed by atoms with Crippen molar-refractivity contribution in [3.05, 3.63) is 65.7 Å². The standard InChI is InChI=1S/C29H37N5O6/c1-31-20-26(35)33-24(15-16-27(36)37)28(38)32(17-7-6-10-21-8-4-3-5-9-21)19-25(33)34(31)29(39)30-18-22-11-13-23(40-2)14-12-22/h3-5,8-9,11-14,24-25H,6-7,10,15-20H2,1-2H3,(H,30,39)(H,36,37)/t24-,25?/m0/s1. The molecule has 2 N–H and O–H groups in total. The van der Waals surface area contributed by atoms with Crippen LogP contribution in [0.4, 0.5) is 4.79 Å². The van der Waals surface area contributed by atoms with E-state index in [-0.39, 0.29) is 44.3 Å². The van der Waals surface area contributed by atoms with Crippen LogP contribution in [-0.4, -0.2) is 94.7 Å². The number of unbranched alkanes of at least 4 members (excludes halogenated alkanes) is 1.